The first-order valence-corrected chi connectivity index (χ1v) is 12.7. The number of hydrogen-bond acceptors (Lipinski definition) is 5. The lowest BCUT2D eigenvalue weighted by atomic mass is 10.2. The highest BCUT2D eigenvalue weighted by molar-refractivity contribution is 9.10. The molecule has 0 atom stereocenters. The van der Waals surface area contributed by atoms with Gasteiger partial charge in [-0.25, -0.2) is 13.2 Å². The summed E-state index contributed by atoms with van der Waals surface area (Å²) in [5.74, 6) is 0. The molecule has 1 aliphatic heterocycles. The first kappa shape index (κ1) is 23.2. The Labute approximate surface area is 201 Å². The first-order chi connectivity index (χ1) is 15.9. The fraction of sp³-hybridized carbons (Fsp3) is 0.217. The number of piperazine rings is 1. The van der Waals surface area contributed by atoms with E-state index in [4.69, 9.17) is 0 Å². The predicted octanol–water partition coefficient (Wildman–Crippen LogP) is 3.68. The molecule has 0 unspecified atom stereocenters. The molecule has 0 aliphatic carbocycles. The second-order valence-electron chi connectivity index (χ2n) is 7.56. The molecule has 2 N–H and O–H groups in total. The van der Waals surface area contributed by atoms with Crippen LogP contribution in [0.3, 0.4) is 0 Å². The minimum atomic E-state index is -3.60. The van der Waals surface area contributed by atoms with Crippen molar-refractivity contribution in [3.8, 4) is 0 Å². The number of sulfonamides is 1. The molecule has 10 heteroatoms. The van der Waals surface area contributed by atoms with E-state index < -0.39 is 10.0 Å². The zero-order valence-electron chi connectivity index (χ0n) is 17.8. The highest BCUT2D eigenvalue weighted by Crippen LogP contribution is 2.23. The molecule has 1 aromatic heterocycles. The van der Waals surface area contributed by atoms with Crippen molar-refractivity contribution < 1.29 is 13.2 Å². The van der Waals surface area contributed by atoms with E-state index in [0.29, 0.717) is 38.4 Å². The molecule has 3 aromatic rings. The summed E-state index contributed by atoms with van der Waals surface area (Å²) in [6, 6.07) is 17.5. The number of pyridine rings is 1. The van der Waals surface area contributed by atoms with Gasteiger partial charge >= 0.3 is 6.03 Å². The number of nitrogens with zero attached hydrogens (tertiary/aromatic N) is 3. The molecule has 0 spiro atoms. The molecule has 172 valence electrons. The van der Waals surface area contributed by atoms with Crippen molar-refractivity contribution in [3.05, 3.63) is 83.1 Å². The number of benzene rings is 2. The maximum atomic E-state index is 13.1. The summed E-state index contributed by atoms with van der Waals surface area (Å²) in [7, 11) is -3.60. The van der Waals surface area contributed by atoms with Gasteiger partial charge in [-0.1, -0.05) is 22.0 Å². The molecule has 1 aliphatic rings. The summed E-state index contributed by atoms with van der Waals surface area (Å²) < 4.78 is 28.6. The van der Waals surface area contributed by atoms with Gasteiger partial charge in [-0.05, 0) is 60.2 Å². The Hall–Kier alpha value is -2.95. The summed E-state index contributed by atoms with van der Waals surface area (Å²) in [6.07, 6.45) is 3.35. The van der Waals surface area contributed by atoms with Crippen LogP contribution in [0.15, 0.2) is 82.4 Å². The number of anilines is 2. The number of carbonyl (C=O) groups excluding carboxylic acids is 1. The van der Waals surface area contributed by atoms with Crippen LogP contribution in [0.1, 0.15) is 5.56 Å². The van der Waals surface area contributed by atoms with Crippen molar-refractivity contribution in [2.24, 2.45) is 0 Å². The summed E-state index contributed by atoms with van der Waals surface area (Å²) >= 11 is 3.43. The van der Waals surface area contributed by atoms with Crippen LogP contribution in [0.25, 0.3) is 0 Å². The number of carbonyl (C=O) groups is 1. The smallest absolute Gasteiger partial charge is 0.319 e. The van der Waals surface area contributed by atoms with Gasteiger partial charge in [-0.3, -0.25) is 4.98 Å². The van der Waals surface area contributed by atoms with Crippen LogP contribution < -0.4 is 15.5 Å². The SMILES string of the molecule is O=C(NCc1cccnc1)Nc1ccc(S(=O)(=O)N2CCN(c3ccc(Br)cc3)CC2)cc1. The van der Waals surface area contributed by atoms with E-state index in [1.54, 1.807) is 30.6 Å². The molecule has 2 heterocycles. The zero-order chi connectivity index (χ0) is 23.3. The third-order valence-electron chi connectivity index (χ3n) is 5.36. The summed E-state index contributed by atoms with van der Waals surface area (Å²) in [5, 5.41) is 5.45. The molecule has 2 aromatic carbocycles. The summed E-state index contributed by atoms with van der Waals surface area (Å²) in [5.41, 5.74) is 2.47. The summed E-state index contributed by atoms with van der Waals surface area (Å²) in [6.45, 7) is 2.41. The Kier molecular flexibility index (Phi) is 7.26. The van der Waals surface area contributed by atoms with Crippen molar-refractivity contribution >= 4 is 43.4 Å². The second-order valence-corrected chi connectivity index (χ2v) is 10.4. The van der Waals surface area contributed by atoms with Crippen LogP contribution in [-0.2, 0) is 16.6 Å². The number of amides is 2. The van der Waals surface area contributed by atoms with Crippen molar-refractivity contribution in [2.75, 3.05) is 36.4 Å². The summed E-state index contributed by atoms with van der Waals surface area (Å²) in [4.78, 5) is 18.5. The predicted molar refractivity (Wildman–Crippen MR) is 132 cm³/mol. The van der Waals surface area contributed by atoms with Crippen molar-refractivity contribution in [2.45, 2.75) is 11.4 Å². The Bertz CT molecular complexity index is 1180. The lowest BCUT2D eigenvalue weighted by Gasteiger charge is -2.35. The number of urea groups is 1. The first-order valence-electron chi connectivity index (χ1n) is 10.5. The van der Waals surface area contributed by atoms with Crippen molar-refractivity contribution in [1.29, 1.82) is 0 Å². The van der Waals surface area contributed by atoms with Gasteiger partial charge in [0, 0.05) is 61.0 Å². The molecule has 1 fully saturated rings. The minimum absolute atomic E-state index is 0.209. The molecule has 33 heavy (non-hydrogen) atoms. The molecule has 2 amide bonds. The van der Waals surface area contributed by atoms with Gasteiger partial charge in [0.1, 0.15) is 0 Å². The molecular formula is C23H24BrN5O3S. The molecular weight excluding hydrogens is 506 g/mol. The monoisotopic (exact) mass is 529 g/mol. The average molecular weight is 530 g/mol. The number of aromatic nitrogens is 1. The van der Waals surface area contributed by atoms with E-state index in [0.717, 1.165) is 15.7 Å². The molecule has 4 rings (SSSR count). The third-order valence-corrected chi connectivity index (χ3v) is 7.80. The quantitative estimate of drug-likeness (QED) is 0.507. The van der Waals surface area contributed by atoms with E-state index in [1.165, 1.54) is 16.4 Å². The van der Waals surface area contributed by atoms with Gasteiger partial charge in [0.05, 0.1) is 4.90 Å². The Morgan fingerprint density at radius 1 is 0.970 bits per heavy atom. The largest absolute Gasteiger partial charge is 0.369 e. The minimum Gasteiger partial charge on any atom is -0.369 e. The van der Waals surface area contributed by atoms with E-state index in [1.807, 2.05) is 30.3 Å². The van der Waals surface area contributed by atoms with Gasteiger partial charge in [-0.15, -0.1) is 0 Å². The highest BCUT2D eigenvalue weighted by Gasteiger charge is 2.28. The number of nitrogens with one attached hydrogen (secondary N) is 2. The number of hydrogen-bond donors (Lipinski definition) is 2. The van der Waals surface area contributed by atoms with Gasteiger partial charge in [0.25, 0.3) is 0 Å². The Morgan fingerprint density at radius 3 is 2.30 bits per heavy atom. The highest BCUT2D eigenvalue weighted by atomic mass is 79.9. The van der Waals surface area contributed by atoms with Crippen LogP contribution in [0.4, 0.5) is 16.2 Å². The lowest BCUT2D eigenvalue weighted by Crippen LogP contribution is -2.48. The standard InChI is InChI=1S/C23H24BrN5O3S/c24-19-3-7-21(8-4-19)28-12-14-29(15-13-28)33(31,32)22-9-5-20(6-10-22)27-23(30)26-17-18-2-1-11-25-16-18/h1-11,16H,12-15,17H2,(H2,26,27,30). The maximum absolute atomic E-state index is 13.1. The second kappa shape index (κ2) is 10.3. The fourth-order valence-corrected chi connectivity index (χ4v) is 5.24. The Morgan fingerprint density at radius 2 is 1.67 bits per heavy atom. The molecule has 0 saturated carbocycles. The lowest BCUT2D eigenvalue weighted by molar-refractivity contribution is 0.251. The van der Waals surface area contributed by atoms with Crippen LogP contribution in [-0.4, -0.2) is 49.9 Å². The van der Waals surface area contributed by atoms with Crippen LogP contribution in [0.2, 0.25) is 0 Å². The van der Waals surface area contributed by atoms with E-state index in [2.05, 4.69) is 36.4 Å². The number of halogens is 1. The van der Waals surface area contributed by atoms with E-state index >= 15 is 0 Å². The van der Waals surface area contributed by atoms with Gasteiger partial charge < -0.3 is 15.5 Å². The van der Waals surface area contributed by atoms with Crippen LogP contribution in [0, 0.1) is 0 Å². The maximum Gasteiger partial charge on any atom is 0.319 e. The molecule has 8 nitrogen and oxygen atoms in total. The van der Waals surface area contributed by atoms with Crippen LogP contribution >= 0.6 is 15.9 Å². The molecule has 0 radical (unpaired) electrons. The fourth-order valence-electron chi connectivity index (χ4n) is 3.56. The normalized spacial score (nSPS) is 14.6. The van der Waals surface area contributed by atoms with Crippen molar-refractivity contribution in [1.82, 2.24) is 14.6 Å². The van der Waals surface area contributed by atoms with Gasteiger partial charge in [0.2, 0.25) is 10.0 Å². The topological polar surface area (TPSA) is 94.6 Å². The molecule has 1 saturated heterocycles. The van der Waals surface area contributed by atoms with Crippen LogP contribution in [0.5, 0.6) is 0 Å². The van der Waals surface area contributed by atoms with Gasteiger partial charge in [-0.2, -0.15) is 4.31 Å². The van der Waals surface area contributed by atoms with E-state index in [9.17, 15) is 13.2 Å². The zero-order valence-corrected chi connectivity index (χ0v) is 20.2. The third kappa shape index (κ3) is 5.89. The van der Waals surface area contributed by atoms with E-state index in [-0.39, 0.29) is 10.9 Å². The average Bonchev–Trinajstić information content (AvgIpc) is 2.84. The van der Waals surface area contributed by atoms with Crippen molar-refractivity contribution in [3.63, 3.8) is 0 Å². The number of rotatable bonds is 6. The van der Waals surface area contributed by atoms with Gasteiger partial charge in [0.15, 0.2) is 0 Å². The Balaban J connectivity index is 1.32. The molecule has 0 bridgehead atoms.